The molecule has 0 aromatic heterocycles. The molecule has 148 valence electrons. The standard InChI is InChI=1S/C22H28N4O2/c1-17-5-10-20(21(13-17)28-12-4-11-27-3)16-26-22(24-2)25-15-19-8-6-18(14-23)7-9-19/h5-10,13H,4,11-12,15-16H2,1-3H3,(H2,24,25,26). The number of aliphatic imine (C=N–C) groups is 1. The number of rotatable bonds is 9. The second-order valence-corrected chi connectivity index (χ2v) is 6.39. The summed E-state index contributed by atoms with van der Waals surface area (Å²) in [4.78, 5) is 4.27. The second kappa shape index (κ2) is 11.6. The van der Waals surface area contributed by atoms with E-state index in [9.17, 15) is 0 Å². The van der Waals surface area contributed by atoms with Crippen LogP contribution < -0.4 is 15.4 Å². The van der Waals surface area contributed by atoms with Crippen molar-refractivity contribution in [3.05, 3.63) is 64.7 Å². The van der Waals surface area contributed by atoms with Crippen LogP contribution in [0.1, 0.15) is 28.7 Å². The molecular weight excluding hydrogens is 352 g/mol. The van der Waals surface area contributed by atoms with Crippen molar-refractivity contribution in [1.29, 1.82) is 5.26 Å². The van der Waals surface area contributed by atoms with Gasteiger partial charge in [-0.1, -0.05) is 24.3 Å². The molecule has 0 saturated heterocycles. The maximum atomic E-state index is 8.87. The van der Waals surface area contributed by atoms with E-state index in [1.165, 1.54) is 0 Å². The van der Waals surface area contributed by atoms with Gasteiger partial charge < -0.3 is 20.1 Å². The Labute approximate surface area is 167 Å². The van der Waals surface area contributed by atoms with Gasteiger partial charge in [0, 0.05) is 45.8 Å². The number of guanidine groups is 1. The highest BCUT2D eigenvalue weighted by atomic mass is 16.5. The van der Waals surface area contributed by atoms with Crippen molar-refractivity contribution in [3.8, 4) is 11.8 Å². The third-order valence-electron chi connectivity index (χ3n) is 4.19. The molecule has 6 heteroatoms. The van der Waals surface area contributed by atoms with Gasteiger partial charge in [-0.25, -0.2) is 0 Å². The van der Waals surface area contributed by atoms with Crippen LogP contribution in [0.2, 0.25) is 0 Å². The van der Waals surface area contributed by atoms with Gasteiger partial charge in [-0.05, 0) is 36.2 Å². The van der Waals surface area contributed by atoms with Crippen LogP contribution in [0, 0.1) is 18.3 Å². The zero-order chi connectivity index (χ0) is 20.2. The smallest absolute Gasteiger partial charge is 0.191 e. The summed E-state index contributed by atoms with van der Waals surface area (Å²) in [5.74, 6) is 1.58. The molecule has 0 heterocycles. The molecule has 0 amide bonds. The van der Waals surface area contributed by atoms with E-state index in [0.29, 0.717) is 37.8 Å². The van der Waals surface area contributed by atoms with E-state index >= 15 is 0 Å². The van der Waals surface area contributed by atoms with E-state index in [2.05, 4.69) is 46.8 Å². The first kappa shape index (κ1) is 21.3. The minimum atomic E-state index is 0.604. The summed E-state index contributed by atoms with van der Waals surface area (Å²) in [6.45, 7) is 4.59. The molecule has 0 aliphatic carbocycles. The number of nitriles is 1. The molecule has 2 rings (SSSR count). The highest BCUT2D eigenvalue weighted by Gasteiger charge is 2.06. The van der Waals surface area contributed by atoms with Crippen LogP contribution in [0.4, 0.5) is 0 Å². The number of methoxy groups -OCH3 is 1. The fourth-order valence-corrected chi connectivity index (χ4v) is 2.61. The molecule has 0 radical (unpaired) electrons. The van der Waals surface area contributed by atoms with Crippen LogP contribution >= 0.6 is 0 Å². The van der Waals surface area contributed by atoms with Gasteiger partial charge in [-0.2, -0.15) is 5.26 Å². The predicted molar refractivity (Wildman–Crippen MR) is 111 cm³/mol. The van der Waals surface area contributed by atoms with E-state index in [4.69, 9.17) is 14.7 Å². The maximum Gasteiger partial charge on any atom is 0.191 e. The van der Waals surface area contributed by atoms with Crippen LogP contribution in [0.5, 0.6) is 5.75 Å². The molecule has 0 unspecified atom stereocenters. The van der Waals surface area contributed by atoms with E-state index in [1.807, 2.05) is 24.3 Å². The second-order valence-electron chi connectivity index (χ2n) is 6.39. The molecular formula is C22H28N4O2. The van der Waals surface area contributed by atoms with E-state index in [0.717, 1.165) is 28.9 Å². The number of ether oxygens (including phenoxy) is 2. The average molecular weight is 380 g/mol. The summed E-state index contributed by atoms with van der Waals surface area (Å²) in [6, 6.07) is 15.8. The monoisotopic (exact) mass is 380 g/mol. The highest BCUT2D eigenvalue weighted by molar-refractivity contribution is 5.79. The Morgan fingerprint density at radius 2 is 1.82 bits per heavy atom. The molecule has 2 aromatic carbocycles. The van der Waals surface area contributed by atoms with Crippen molar-refractivity contribution >= 4 is 5.96 Å². The van der Waals surface area contributed by atoms with Crippen molar-refractivity contribution in [2.45, 2.75) is 26.4 Å². The first-order valence-corrected chi connectivity index (χ1v) is 9.31. The van der Waals surface area contributed by atoms with E-state index < -0.39 is 0 Å². The van der Waals surface area contributed by atoms with Crippen molar-refractivity contribution in [1.82, 2.24) is 10.6 Å². The summed E-state index contributed by atoms with van der Waals surface area (Å²) >= 11 is 0. The number of benzene rings is 2. The molecule has 0 spiro atoms. The van der Waals surface area contributed by atoms with Gasteiger partial charge in [0.15, 0.2) is 5.96 Å². The highest BCUT2D eigenvalue weighted by Crippen LogP contribution is 2.20. The third-order valence-corrected chi connectivity index (χ3v) is 4.19. The Bertz CT molecular complexity index is 810. The van der Waals surface area contributed by atoms with Gasteiger partial charge in [0.1, 0.15) is 5.75 Å². The van der Waals surface area contributed by atoms with Crippen LogP contribution in [0.15, 0.2) is 47.5 Å². The Hall–Kier alpha value is -3.04. The summed E-state index contributed by atoms with van der Waals surface area (Å²) in [6.07, 6.45) is 0.852. The summed E-state index contributed by atoms with van der Waals surface area (Å²) in [5.41, 5.74) is 3.97. The molecule has 2 N–H and O–H groups in total. The fraction of sp³-hybridized carbons (Fsp3) is 0.364. The van der Waals surface area contributed by atoms with Gasteiger partial charge in [0.25, 0.3) is 0 Å². The Morgan fingerprint density at radius 1 is 1.07 bits per heavy atom. The Balaban J connectivity index is 1.90. The fourth-order valence-electron chi connectivity index (χ4n) is 2.61. The lowest BCUT2D eigenvalue weighted by Gasteiger charge is -2.15. The lowest BCUT2D eigenvalue weighted by molar-refractivity contribution is 0.171. The molecule has 6 nitrogen and oxygen atoms in total. The first-order valence-electron chi connectivity index (χ1n) is 9.31. The molecule has 0 atom stereocenters. The van der Waals surface area contributed by atoms with Gasteiger partial charge in [-0.3, -0.25) is 4.99 Å². The summed E-state index contributed by atoms with van der Waals surface area (Å²) in [5, 5.41) is 15.5. The minimum absolute atomic E-state index is 0.604. The van der Waals surface area contributed by atoms with Crippen molar-refractivity contribution in [3.63, 3.8) is 0 Å². The third kappa shape index (κ3) is 6.93. The molecule has 0 bridgehead atoms. The number of hydrogen-bond donors (Lipinski definition) is 2. The quantitative estimate of drug-likeness (QED) is 0.397. The summed E-state index contributed by atoms with van der Waals surface area (Å²) < 4.78 is 11.0. The lowest BCUT2D eigenvalue weighted by atomic mass is 10.1. The van der Waals surface area contributed by atoms with Crippen molar-refractivity contribution < 1.29 is 9.47 Å². The topological polar surface area (TPSA) is 78.7 Å². The summed E-state index contributed by atoms with van der Waals surface area (Å²) in [7, 11) is 3.43. The SMILES string of the molecule is CN=C(NCc1ccc(C#N)cc1)NCc1ccc(C)cc1OCCCOC. The number of aryl methyl sites for hydroxylation is 1. The predicted octanol–water partition coefficient (Wildman–Crippen LogP) is 3.15. The van der Waals surface area contributed by atoms with Crippen LogP contribution in [0.25, 0.3) is 0 Å². The van der Waals surface area contributed by atoms with Crippen LogP contribution in [0.3, 0.4) is 0 Å². The molecule has 2 aromatic rings. The van der Waals surface area contributed by atoms with Gasteiger partial charge in [0.2, 0.25) is 0 Å². The molecule has 0 saturated carbocycles. The normalized spacial score (nSPS) is 11.0. The molecule has 0 aliphatic heterocycles. The number of hydrogen-bond acceptors (Lipinski definition) is 4. The Kier molecular flexibility index (Phi) is 8.83. The van der Waals surface area contributed by atoms with E-state index in [-0.39, 0.29) is 0 Å². The maximum absolute atomic E-state index is 8.87. The largest absolute Gasteiger partial charge is 0.493 e. The zero-order valence-electron chi connectivity index (χ0n) is 16.8. The number of nitrogens with one attached hydrogen (secondary N) is 2. The zero-order valence-corrected chi connectivity index (χ0v) is 16.8. The van der Waals surface area contributed by atoms with Crippen LogP contribution in [-0.4, -0.2) is 33.3 Å². The number of nitrogens with zero attached hydrogens (tertiary/aromatic N) is 2. The van der Waals surface area contributed by atoms with Crippen molar-refractivity contribution in [2.75, 3.05) is 27.4 Å². The van der Waals surface area contributed by atoms with Gasteiger partial charge >= 0.3 is 0 Å². The minimum Gasteiger partial charge on any atom is -0.493 e. The van der Waals surface area contributed by atoms with E-state index in [1.54, 1.807) is 14.2 Å². The average Bonchev–Trinajstić information content (AvgIpc) is 2.73. The molecule has 0 aliphatic rings. The molecule has 28 heavy (non-hydrogen) atoms. The molecule has 0 fully saturated rings. The lowest BCUT2D eigenvalue weighted by Crippen LogP contribution is -2.36. The van der Waals surface area contributed by atoms with Gasteiger partial charge in [-0.15, -0.1) is 0 Å². The van der Waals surface area contributed by atoms with Gasteiger partial charge in [0.05, 0.1) is 18.2 Å². The van der Waals surface area contributed by atoms with Crippen LogP contribution in [-0.2, 0) is 17.8 Å². The van der Waals surface area contributed by atoms with Crippen molar-refractivity contribution in [2.24, 2.45) is 4.99 Å². The Morgan fingerprint density at radius 3 is 2.50 bits per heavy atom. The first-order chi connectivity index (χ1) is 13.7.